The maximum atomic E-state index is 6.16. The number of aryl methyl sites for hydroxylation is 2. The van der Waals surface area contributed by atoms with Crippen LogP contribution in [-0.2, 0) is 18.9 Å². The first-order valence-electron chi connectivity index (χ1n) is 9.37. The second-order valence-electron chi connectivity index (χ2n) is 7.04. The van der Waals surface area contributed by atoms with Crippen LogP contribution in [-0.4, -0.2) is 35.4 Å². The summed E-state index contributed by atoms with van der Waals surface area (Å²) in [6.45, 7) is 4.64. The van der Waals surface area contributed by atoms with Crippen molar-refractivity contribution >= 4 is 17.6 Å². The zero-order valence-electron chi connectivity index (χ0n) is 15.6. The van der Waals surface area contributed by atoms with E-state index in [1.54, 1.807) is 0 Å². The molecule has 0 amide bonds. The summed E-state index contributed by atoms with van der Waals surface area (Å²) < 4.78 is 1.85. The number of hydrogen-bond acceptors (Lipinski definition) is 2. The van der Waals surface area contributed by atoms with Crippen LogP contribution in [0.25, 0.3) is 0 Å². The number of halogens is 1. The maximum absolute atomic E-state index is 6.16. The Bertz CT molecular complexity index is 748. The highest BCUT2D eigenvalue weighted by Gasteiger charge is 2.44. The molecule has 2 aromatic rings. The van der Waals surface area contributed by atoms with Gasteiger partial charge in [0.25, 0.3) is 0 Å². The van der Waals surface area contributed by atoms with Gasteiger partial charge >= 0.3 is 0 Å². The molecule has 3 rings (SSSR count). The van der Waals surface area contributed by atoms with E-state index in [1.807, 2.05) is 30.1 Å². The molecular formula is C20H28ClN5. The average Bonchev–Trinajstić information content (AvgIpc) is 3.31. The van der Waals surface area contributed by atoms with Gasteiger partial charge in [-0.25, -0.2) is 0 Å². The Morgan fingerprint density at radius 2 is 2.19 bits per heavy atom. The van der Waals surface area contributed by atoms with Gasteiger partial charge in [0, 0.05) is 36.8 Å². The molecule has 1 aromatic heterocycles. The molecular weight excluding hydrogens is 346 g/mol. The number of aliphatic imine (C=N–C) groups is 1. The summed E-state index contributed by atoms with van der Waals surface area (Å²) in [4.78, 5) is 4.84. The Kier molecular flexibility index (Phi) is 6.20. The topological polar surface area (TPSA) is 54.2 Å². The van der Waals surface area contributed by atoms with E-state index in [0.717, 1.165) is 43.5 Å². The van der Waals surface area contributed by atoms with E-state index in [4.69, 9.17) is 16.6 Å². The Labute approximate surface area is 160 Å². The molecule has 140 valence electrons. The zero-order valence-corrected chi connectivity index (χ0v) is 16.4. The molecule has 1 aliphatic rings. The van der Waals surface area contributed by atoms with Crippen molar-refractivity contribution in [1.29, 1.82) is 0 Å². The molecule has 0 radical (unpaired) electrons. The van der Waals surface area contributed by atoms with Crippen molar-refractivity contribution in [2.45, 2.75) is 38.0 Å². The first-order chi connectivity index (χ1) is 12.6. The van der Waals surface area contributed by atoms with Gasteiger partial charge in [-0.3, -0.25) is 9.67 Å². The molecule has 0 aliphatic heterocycles. The number of hydrogen-bond donors (Lipinski definition) is 2. The third kappa shape index (κ3) is 5.01. The van der Waals surface area contributed by atoms with Crippen LogP contribution in [0.1, 0.15) is 37.3 Å². The Balaban J connectivity index is 1.52. The van der Waals surface area contributed by atoms with Crippen molar-refractivity contribution in [3.63, 3.8) is 0 Å². The number of rotatable bonds is 8. The lowest BCUT2D eigenvalue weighted by Gasteiger charge is -2.16. The lowest BCUT2D eigenvalue weighted by atomic mass is 9.96. The zero-order chi connectivity index (χ0) is 18.4. The predicted molar refractivity (Wildman–Crippen MR) is 108 cm³/mol. The van der Waals surface area contributed by atoms with Crippen LogP contribution in [0.2, 0.25) is 5.02 Å². The van der Waals surface area contributed by atoms with Gasteiger partial charge in [0.05, 0.1) is 12.7 Å². The monoisotopic (exact) mass is 373 g/mol. The summed E-state index contributed by atoms with van der Waals surface area (Å²) in [5.74, 6) is 0.895. The fourth-order valence-electron chi connectivity index (χ4n) is 3.18. The minimum absolute atomic E-state index is 0.170. The summed E-state index contributed by atoms with van der Waals surface area (Å²) in [6.07, 6.45) is 8.43. The summed E-state index contributed by atoms with van der Waals surface area (Å²) in [5, 5.41) is 11.8. The van der Waals surface area contributed by atoms with E-state index in [0.29, 0.717) is 0 Å². The molecule has 6 heteroatoms. The van der Waals surface area contributed by atoms with Crippen LogP contribution >= 0.6 is 11.6 Å². The van der Waals surface area contributed by atoms with Gasteiger partial charge in [-0.2, -0.15) is 5.10 Å². The molecule has 1 aliphatic carbocycles. The third-order valence-electron chi connectivity index (χ3n) is 4.87. The van der Waals surface area contributed by atoms with E-state index in [-0.39, 0.29) is 5.41 Å². The standard InChI is InChI=1S/C20H28ClN5/c1-3-22-19(23-11-5-6-16-13-25-26(2)14-16)24-15-20(9-10-20)17-7-4-8-18(21)12-17/h4,7-8,12-14H,3,5-6,9-11,15H2,1-2H3,(H2,22,23,24). The van der Waals surface area contributed by atoms with Crippen LogP contribution in [0.3, 0.4) is 0 Å². The van der Waals surface area contributed by atoms with Crippen LogP contribution in [0.4, 0.5) is 0 Å². The lowest BCUT2D eigenvalue weighted by molar-refractivity contribution is 0.687. The number of aromatic nitrogens is 2. The first-order valence-corrected chi connectivity index (χ1v) is 9.75. The highest BCUT2D eigenvalue weighted by molar-refractivity contribution is 6.30. The SMILES string of the molecule is CCNC(=NCC1(c2cccc(Cl)c2)CC1)NCCCc1cnn(C)c1. The van der Waals surface area contributed by atoms with E-state index in [2.05, 4.69) is 41.0 Å². The number of guanidine groups is 1. The molecule has 0 unspecified atom stereocenters. The molecule has 5 nitrogen and oxygen atoms in total. The second-order valence-corrected chi connectivity index (χ2v) is 7.47. The summed E-state index contributed by atoms with van der Waals surface area (Å²) >= 11 is 6.16. The van der Waals surface area contributed by atoms with Crippen LogP contribution in [0, 0.1) is 0 Å². The molecule has 0 spiro atoms. The normalized spacial score (nSPS) is 15.7. The maximum Gasteiger partial charge on any atom is 0.191 e. The van der Waals surface area contributed by atoms with E-state index < -0.39 is 0 Å². The largest absolute Gasteiger partial charge is 0.357 e. The van der Waals surface area contributed by atoms with E-state index in [9.17, 15) is 0 Å². The van der Waals surface area contributed by atoms with Gasteiger partial charge in [0.15, 0.2) is 5.96 Å². The molecule has 1 aromatic carbocycles. The number of benzene rings is 1. The van der Waals surface area contributed by atoms with Gasteiger partial charge < -0.3 is 10.6 Å². The summed E-state index contributed by atoms with van der Waals surface area (Å²) in [7, 11) is 1.95. The number of nitrogens with zero attached hydrogens (tertiary/aromatic N) is 3. The first kappa shape index (κ1) is 18.8. The smallest absolute Gasteiger partial charge is 0.191 e. The lowest BCUT2D eigenvalue weighted by Crippen LogP contribution is -2.38. The molecule has 0 bridgehead atoms. The molecule has 0 saturated heterocycles. The summed E-state index contributed by atoms with van der Waals surface area (Å²) in [6, 6.07) is 8.21. The molecule has 1 heterocycles. The van der Waals surface area contributed by atoms with E-state index >= 15 is 0 Å². The van der Waals surface area contributed by atoms with Crippen LogP contribution < -0.4 is 10.6 Å². The Morgan fingerprint density at radius 3 is 2.85 bits per heavy atom. The van der Waals surface area contributed by atoms with Gasteiger partial charge in [0.1, 0.15) is 0 Å². The van der Waals surface area contributed by atoms with Crippen molar-refractivity contribution in [1.82, 2.24) is 20.4 Å². The number of nitrogens with one attached hydrogen (secondary N) is 2. The fourth-order valence-corrected chi connectivity index (χ4v) is 3.37. The van der Waals surface area contributed by atoms with Crippen molar-refractivity contribution in [3.05, 3.63) is 52.8 Å². The van der Waals surface area contributed by atoms with Gasteiger partial charge in [-0.15, -0.1) is 0 Å². The Morgan fingerprint density at radius 1 is 1.35 bits per heavy atom. The Hall–Kier alpha value is -2.01. The van der Waals surface area contributed by atoms with Crippen molar-refractivity contribution < 1.29 is 0 Å². The minimum Gasteiger partial charge on any atom is -0.357 e. The molecule has 1 fully saturated rings. The predicted octanol–water partition coefficient (Wildman–Crippen LogP) is 3.29. The van der Waals surface area contributed by atoms with Gasteiger partial charge in [-0.1, -0.05) is 23.7 Å². The second kappa shape index (κ2) is 8.58. The molecule has 26 heavy (non-hydrogen) atoms. The highest BCUT2D eigenvalue weighted by Crippen LogP contribution is 2.48. The highest BCUT2D eigenvalue weighted by atomic mass is 35.5. The van der Waals surface area contributed by atoms with Gasteiger partial charge in [0.2, 0.25) is 0 Å². The van der Waals surface area contributed by atoms with Gasteiger partial charge in [-0.05, 0) is 55.9 Å². The van der Waals surface area contributed by atoms with E-state index in [1.165, 1.54) is 24.0 Å². The third-order valence-corrected chi connectivity index (χ3v) is 5.10. The molecule has 0 atom stereocenters. The summed E-state index contributed by atoms with van der Waals surface area (Å²) in [5.41, 5.74) is 2.75. The van der Waals surface area contributed by atoms with Crippen LogP contribution in [0.5, 0.6) is 0 Å². The van der Waals surface area contributed by atoms with Crippen LogP contribution in [0.15, 0.2) is 41.7 Å². The van der Waals surface area contributed by atoms with Crippen molar-refractivity contribution in [3.8, 4) is 0 Å². The fraction of sp³-hybridized carbons (Fsp3) is 0.500. The molecule has 2 N–H and O–H groups in total. The quantitative estimate of drug-likeness (QED) is 0.424. The molecule has 1 saturated carbocycles. The van der Waals surface area contributed by atoms with Crippen molar-refractivity contribution in [2.75, 3.05) is 19.6 Å². The minimum atomic E-state index is 0.170. The van der Waals surface area contributed by atoms with Crippen molar-refractivity contribution in [2.24, 2.45) is 12.0 Å². The average molecular weight is 374 g/mol.